The van der Waals surface area contributed by atoms with E-state index < -0.39 is 0 Å². The van der Waals surface area contributed by atoms with Gasteiger partial charge >= 0.3 is 0 Å². The molecule has 2 unspecified atom stereocenters. The fourth-order valence-electron chi connectivity index (χ4n) is 3.88. The Hall–Kier alpha value is -0.120. The Morgan fingerprint density at radius 1 is 1.05 bits per heavy atom. The Labute approximate surface area is 119 Å². The molecule has 1 saturated carbocycles. The molecule has 0 bridgehead atoms. The van der Waals surface area contributed by atoms with Gasteiger partial charge in [-0.3, -0.25) is 4.90 Å². The van der Waals surface area contributed by atoms with E-state index in [-0.39, 0.29) is 0 Å². The zero-order valence-corrected chi connectivity index (χ0v) is 13.0. The minimum Gasteiger partial charge on any atom is -0.330 e. The minimum atomic E-state index is 0.683. The van der Waals surface area contributed by atoms with Crippen LogP contribution >= 0.6 is 0 Å². The van der Waals surface area contributed by atoms with Gasteiger partial charge < -0.3 is 10.6 Å². The molecule has 0 radical (unpaired) electrons. The van der Waals surface area contributed by atoms with E-state index in [9.17, 15) is 0 Å². The van der Waals surface area contributed by atoms with Crippen molar-refractivity contribution in [3.8, 4) is 0 Å². The highest BCUT2D eigenvalue weighted by Gasteiger charge is 2.31. The fraction of sp³-hybridized carbons (Fsp3) is 1.00. The van der Waals surface area contributed by atoms with Crippen LogP contribution in [0.1, 0.15) is 58.3 Å². The van der Waals surface area contributed by atoms with Crippen LogP contribution in [0.5, 0.6) is 0 Å². The van der Waals surface area contributed by atoms with Crippen LogP contribution in [0.25, 0.3) is 0 Å². The molecule has 19 heavy (non-hydrogen) atoms. The molecule has 112 valence electrons. The van der Waals surface area contributed by atoms with Gasteiger partial charge in [-0.25, -0.2) is 0 Å². The first-order valence-electron chi connectivity index (χ1n) is 8.38. The topological polar surface area (TPSA) is 32.5 Å². The third kappa shape index (κ3) is 4.17. The van der Waals surface area contributed by atoms with Crippen LogP contribution in [-0.4, -0.2) is 54.6 Å². The van der Waals surface area contributed by atoms with Crippen LogP contribution < -0.4 is 5.73 Å². The number of hydrogen-bond donors (Lipinski definition) is 1. The van der Waals surface area contributed by atoms with Gasteiger partial charge in [0.1, 0.15) is 0 Å². The molecule has 0 aromatic carbocycles. The first-order chi connectivity index (χ1) is 9.22. The molecule has 2 fully saturated rings. The highest BCUT2D eigenvalue weighted by molar-refractivity contribution is 4.87. The maximum Gasteiger partial charge on any atom is 0.0238 e. The molecule has 2 aliphatic rings. The zero-order chi connectivity index (χ0) is 13.7. The van der Waals surface area contributed by atoms with E-state index in [4.69, 9.17) is 5.73 Å². The summed E-state index contributed by atoms with van der Waals surface area (Å²) < 4.78 is 0. The molecule has 2 rings (SSSR count). The van der Waals surface area contributed by atoms with E-state index in [1.54, 1.807) is 0 Å². The SMILES string of the molecule is CC1CCN(C2CCCCCC2)C(CCN)CN1C. The lowest BCUT2D eigenvalue weighted by atomic mass is 10.0. The molecular formula is C16H33N3. The second-order valence-electron chi connectivity index (χ2n) is 6.69. The number of nitrogens with zero attached hydrogens (tertiary/aromatic N) is 2. The Morgan fingerprint density at radius 3 is 2.37 bits per heavy atom. The average Bonchev–Trinajstić information content (AvgIpc) is 2.73. The summed E-state index contributed by atoms with van der Waals surface area (Å²) in [5.41, 5.74) is 5.87. The molecule has 0 aromatic heterocycles. The summed E-state index contributed by atoms with van der Waals surface area (Å²) in [6.07, 6.45) is 11.1. The van der Waals surface area contributed by atoms with Crippen molar-refractivity contribution in [2.45, 2.75) is 76.4 Å². The Kier molecular flexibility index (Phi) is 6.11. The van der Waals surface area contributed by atoms with Gasteiger partial charge in [0, 0.05) is 31.2 Å². The normalized spacial score (nSPS) is 33.0. The van der Waals surface area contributed by atoms with Crippen molar-refractivity contribution in [3.05, 3.63) is 0 Å². The number of nitrogens with two attached hydrogens (primary N) is 1. The van der Waals surface area contributed by atoms with Crippen LogP contribution in [-0.2, 0) is 0 Å². The number of likely N-dealkylation sites (N-methyl/N-ethyl adjacent to an activating group) is 1. The first kappa shape index (κ1) is 15.3. The molecule has 3 nitrogen and oxygen atoms in total. The van der Waals surface area contributed by atoms with Crippen molar-refractivity contribution in [2.24, 2.45) is 5.73 Å². The fourth-order valence-corrected chi connectivity index (χ4v) is 3.88. The second kappa shape index (κ2) is 7.61. The predicted octanol–water partition coefficient (Wildman–Crippen LogP) is 2.45. The lowest BCUT2D eigenvalue weighted by Gasteiger charge is -2.37. The van der Waals surface area contributed by atoms with Gasteiger partial charge in [0.15, 0.2) is 0 Å². The summed E-state index contributed by atoms with van der Waals surface area (Å²) in [6.45, 7) is 5.68. The van der Waals surface area contributed by atoms with E-state index in [0.29, 0.717) is 6.04 Å². The maximum atomic E-state index is 5.87. The molecule has 1 heterocycles. The van der Waals surface area contributed by atoms with Gasteiger partial charge in [-0.1, -0.05) is 25.7 Å². The summed E-state index contributed by atoms with van der Waals surface area (Å²) in [5, 5.41) is 0. The summed E-state index contributed by atoms with van der Waals surface area (Å²) in [4.78, 5) is 5.37. The Balaban J connectivity index is 2.04. The molecule has 2 atom stereocenters. The number of rotatable bonds is 3. The lowest BCUT2D eigenvalue weighted by molar-refractivity contribution is 0.113. The van der Waals surface area contributed by atoms with Crippen molar-refractivity contribution < 1.29 is 0 Å². The van der Waals surface area contributed by atoms with Gasteiger partial charge in [0.2, 0.25) is 0 Å². The molecule has 0 spiro atoms. The minimum absolute atomic E-state index is 0.683. The summed E-state index contributed by atoms with van der Waals surface area (Å²) in [6, 6.07) is 2.23. The van der Waals surface area contributed by atoms with E-state index in [2.05, 4.69) is 23.8 Å². The lowest BCUT2D eigenvalue weighted by Crippen LogP contribution is -2.47. The van der Waals surface area contributed by atoms with Crippen LogP contribution in [0, 0.1) is 0 Å². The van der Waals surface area contributed by atoms with Gasteiger partial charge in [-0.15, -0.1) is 0 Å². The third-order valence-electron chi connectivity index (χ3n) is 5.32. The van der Waals surface area contributed by atoms with Gasteiger partial charge in [-0.05, 0) is 46.2 Å². The Bertz CT molecular complexity index is 248. The summed E-state index contributed by atoms with van der Waals surface area (Å²) in [7, 11) is 2.28. The van der Waals surface area contributed by atoms with Crippen molar-refractivity contribution >= 4 is 0 Å². The van der Waals surface area contributed by atoms with Gasteiger partial charge in [0.25, 0.3) is 0 Å². The number of hydrogen-bond acceptors (Lipinski definition) is 3. The van der Waals surface area contributed by atoms with Crippen molar-refractivity contribution in [1.82, 2.24) is 9.80 Å². The molecule has 1 aliphatic carbocycles. The van der Waals surface area contributed by atoms with Crippen LogP contribution in [0.15, 0.2) is 0 Å². The van der Waals surface area contributed by atoms with Gasteiger partial charge in [-0.2, -0.15) is 0 Å². The molecular weight excluding hydrogens is 234 g/mol. The van der Waals surface area contributed by atoms with Gasteiger partial charge in [0.05, 0.1) is 0 Å². The molecule has 3 heteroatoms. The van der Waals surface area contributed by atoms with Crippen molar-refractivity contribution in [3.63, 3.8) is 0 Å². The van der Waals surface area contributed by atoms with E-state index in [0.717, 1.165) is 25.0 Å². The zero-order valence-electron chi connectivity index (χ0n) is 13.0. The van der Waals surface area contributed by atoms with Crippen LogP contribution in [0.2, 0.25) is 0 Å². The third-order valence-corrected chi connectivity index (χ3v) is 5.32. The summed E-state index contributed by atoms with van der Waals surface area (Å²) in [5.74, 6) is 0. The molecule has 1 saturated heterocycles. The molecule has 2 N–H and O–H groups in total. The second-order valence-corrected chi connectivity index (χ2v) is 6.69. The van der Waals surface area contributed by atoms with E-state index in [1.807, 2.05) is 0 Å². The standard InChI is InChI=1S/C16H33N3/c1-14-10-12-19(15-7-5-3-4-6-8-15)16(9-11-17)13-18(14)2/h14-16H,3-13,17H2,1-2H3. The largest absolute Gasteiger partial charge is 0.330 e. The van der Waals surface area contributed by atoms with Crippen molar-refractivity contribution in [2.75, 3.05) is 26.7 Å². The van der Waals surface area contributed by atoms with Crippen LogP contribution in [0.4, 0.5) is 0 Å². The monoisotopic (exact) mass is 267 g/mol. The molecule has 0 amide bonds. The molecule has 1 aliphatic heterocycles. The first-order valence-corrected chi connectivity index (χ1v) is 8.38. The highest BCUT2D eigenvalue weighted by atomic mass is 15.3. The molecule has 0 aromatic rings. The average molecular weight is 267 g/mol. The van der Waals surface area contributed by atoms with E-state index in [1.165, 1.54) is 58.0 Å². The van der Waals surface area contributed by atoms with E-state index >= 15 is 0 Å². The highest BCUT2D eigenvalue weighted by Crippen LogP contribution is 2.27. The van der Waals surface area contributed by atoms with Crippen molar-refractivity contribution in [1.29, 1.82) is 0 Å². The maximum absolute atomic E-state index is 5.87. The summed E-state index contributed by atoms with van der Waals surface area (Å²) >= 11 is 0. The predicted molar refractivity (Wildman–Crippen MR) is 82.4 cm³/mol. The van der Waals surface area contributed by atoms with Crippen LogP contribution in [0.3, 0.4) is 0 Å². The Morgan fingerprint density at radius 2 is 1.74 bits per heavy atom. The quantitative estimate of drug-likeness (QED) is 0.797. The smallest absolute Gasteiger partial charge is 0.0238 e.